The molecule has 5 nitrogen and oxygen atoms in total. The van der Waals surface area contributed by atoms with E-state index in [2.05, 4.69) is 42.7 Å². The first-order valence-corrected chi connectivity index (χ1v) is 7.76. The normalized spacial score (nSPS) is 11.1. The summed E-state index contributed by atoms with van der Waals surface area (Å²) in [5, 5.41) is 5.44. The predicted molar refractivity (Wildman–Crippen MR) is 84.4 cm³/mol. The molecule has 0 saturated heterocycles. The maximum absolute atomic E-state index is 5.09. The van der Waals surface area contributed by atoms with Crippen LogP contribution in [-0.4, -0.2) is 34.6 Å². The van der Waals surface area contributed by atoms with Crippen LogP contribution in [0.1, 0.15) is 0 Å². The number of thiophene rings is 1. The molecular weight excluding hydrogens is 340 g/mol. The van der Waals surface area contributed by atoms with E-state index in [1.807, 2.05) is 10.6 Å². The van der Waals surface area contributed by atoms with Crippen LogP contribution < -0.4 is 5.32 Å². The Morgan fingerprint density at radius 2 is 2.40 bits per heavy atom. The van der Waals surface area contributed by atoms with Crippen molar-refractivity contribution in [3.8, 4) is 10.6 Å². The summed E-state index contributed by atoms with van der Waals surface area (Å²) in [7, 11) is 1.69. The molecule has 0 fully saturated rings. The zero-order chi connectivity index (χ0) is 13.9. The van der Waals surface area contributed by atoms with Crippen LogP contribution in [0.15, 0.2) is 34.5 Å². The second kappa shape index (κ2) is 5.90. The number of anilines is 1. The number of rotatable bonds is 5. The van der Waals surface area contributed by atoms with Gasteiger partial charge in [-0.25, -0.2) is 4.98 Å². The van der Waals surface area contributed by atoms with Crippen molar-refractivity contribution in [2.24, 2.45) is 0 Å². The summed E-state index contributed by atoms with van der Waals surface area (Å²) in [6, 6.07) is 2.07. The SMILES string of the molecule is COCCNc1c(-c2cc(Br)cs2)nc2cnccn12. The standard InChI is InChI=1S/C13H13BrN4OS/c1-19-5-3-16-13-12(10-6-9(14)8-20-10)17-11-7-15-2-4-18(11)13/h2,4,6-8,16H,3,5H2,1H3. The quantitative estimate of drug-likeness (QED) is 0.716. The lowest BCUT2D eigenvalue weighted by atomic mass is 10.3. The number of halogens is 1. The minimum atomic E-state index is 0.645. The second-order valence-electron chi connectivity index (χ2n) is 4.16. The fraction of sp³-hybridized carbons (Fsp3) is 0.231. The number of fused-ring (bicyclic) bond motifs is 1. The molecule has 0 aromatic carbocycles. The summed E-state index contributed by atoms with van der Waals surface area (Å²) < 4.78 is 8.16. The number of methoxy groups -OCH3 is 1. The van der Waals surface area contributed by atoms with Crippen molar-refractivity contribution in [3.63, 3.8) is 0 Å². The van der Waals surface area contributed by atoms with Crippen LogP contribution in [0.5, 0.6) is 0 Å². The average Bonchev–Trinajstić information content (AvgIpc) is 3.03. The third-order valence-corrected chi connectivity index (χ3v) is 4.53. The number of hydrogen-bond donors (Lipinski definition) is 1. The third kappa shape index (κ3) is 2.56. The third-order valence-electron chi connectivity index (χ3n) is 2.83. The molecule has 0 unspecified atom stereocenters. The van der Waals surface area contributed by atoms with Crippen molar-refractivity contribution < 1.29 is 4.74 Å². The molecule has 0 aliphatic carbocycles. The van der Waals surface area contributed by atoms with E-state index in [0.717, 1.165) is 33.1 Å². The average molecular weight is 353 g/mol. The van der Waals surface area contributed by atoms with Crippen molar-refractivity contribution in [1.29, 1.82) is 0 Å². The molecule has 0 aliphatic rings. The smallest absolute Gasteiger partial charge is 0.157 e. The molecule has 1 N–H and O–H groups in total. The van der Waals surface area contributed by atoms with Crippen LogP contribution >= 0.6 is 27.3 Å². The molecule has 0 aliphatic heterocycles. The Labute approximate surface area is 128 Å². The van der Waals surface area contributed by atoms with Gasteiger partial charge >= 0.3 is 0 Å². The summed E-state index contributed by atoms with van der Waals surface area (Å²) in [6.45, 7) is 1.37. The second-order valence-corrected chi connectivity index (χ2v) is 5.99. The van der Waals surface area contributed by atoms with E-state index in [4.69, 9.17) is 4.74 Å². The van der Waals surface area contributed by atoms with Gasteiger partial charge in [0, 0.05) is 35.9 Å². The lowest BCUT2D eigenvalue weighted by molar-refractivity contribution is 0.210. The van der Waals surface area contributed by atoms with Crippen LogP contribution in [-0.2, 0) is 4.74 Å². The maximum atomic E-state index is 5.09. The Kier molecular flexibility index (Phi) is 4.00. The number of nitrogens with zero attached hydrogens (tertiary/aromatic N) is 3. The van der Waals surface area contributed by atoms with Gasteiger partial charge in [0.15, 0.2) is 5.65 Å². The minimum absolute atomic E-state index is 0.645. The molecule has 104 valence electrons. The highest BCUT2D eigenvalue weighted by Crippen LogP contribution is 2.34. The van der Waals surface area contributed by atoms with Crippen molar-refractivity contribution >= 4 is 38.7 Å². The predicted octanol–water partition coefficient (Wildman–Crippen LogP) is 3.28. The van der Waals surface area contributed by atoms with Crippen LogP contribution in [0.2, 0.25) is 0 Å². The minimum Gasteiger partial charge on any atom is -0.383 e. The summed E-state index contributed by atoms with van der Waals surface area (Å²) in [5.41, 5.74) is 1.76. The Morgan fingerprint density at radius 1 is 1.50 bits per heavy atom. The first-order chi connectivity index (χ1) is 9.79. The summed E-state index contributed by atoms with van der Waals surface area (Å²) >= 11 is 5.14. The van der Waals surface area contributed by atoms with Gasteiger partial charge in [0.25, 0.3) is 0 Å². The molecule has 3 rings (SSSR count). The number of aromatic nitrogens is 3. The molecule has 20 heavy (non-hydrogen) atoms. The molecular formula is C13H13BrN4OS. The Morgan fingerprint density at radius 3 is 3.15 bits per heavy atom. The van der Waals surface area contributed by atoms with Gasteiger partial charge in [-0.3, -0.25) is 9.38 Å². The molecule has 7 heteroatoms. The number of ether oxygens (including phenoxy) is 1. The molecule has 0 amide bonds. The van der Waals surface area contributed by atoms with Gasteiger partial charge in [0.2, 0.25) is 0 Å². The van der Waals surface area contributed by atoms with Gasteiger partial charge in [-0.15, -0.1) is 11.3 Å². The van der Waals surface area contributed by atoms with Gasteiger partial charge in [-0.2, -0.15) is 0 Å². The fourth-order valence-corrected chi connectivity index (χ4v) is 3.37. The van der Waals surface area contributed by atoms with E-state index >= 15 is 0 Å². The van der Waals surface area contributed by atoms with Crippen LogP contribution in [0.3, 0.4) is 0 Å². The molecule has 0 spiro atoms. The van der Waals surface area contributed by atoms with Crippen LogP contribution in [0, 0.1) is 0 Å². The van der Waals surface area contributed by atoms with E-state index in [1.54, 1.807) is 30.8 Å². The highest BCUT2D eigenvalue weighted by molar-refractivity contribution is 9.10. The number of nitrogens with one attached hydrogen (secondary N) is 1. The summed E-state index contributed by atoms with van der Waals surface area (Å²) in [4.78, 5) is 9.89. The van der Waals surface area contributed by atoms with Crippen molar-refractivity contribution in [2.75, 3.05) is 25.6 Å². The monoisotopic (exact) mass is 352 g/mol. The summed E-state index contributed by atoms with van der Waals surface area (Å²) in [6.07, 6.45) is 5.42. The molecule has 0 atom stereocenters. The van der Waals surface area contributed by atoms with Crippen molar-refractivity contribution in [3.05, 3.63) is 34.5 Å². The van der Waals surface area contributed by atoms with Crippen molar-refractivity contribution in [2.45, 2.75) is 0 Å². The largest absolute Gasteiger partial charge is 0.383 e. The first-order valence-electron chi connectivity index (χ1n) is 6.09. The molecule has 0 bridgehead atoms. The molecule has 3 aromatic rings. The van der Waals surface area contributed by atoms with Gasteiger partial charge < -0.3 is 10.1 Å². The van der Waals surface area contributed by atoms with E-state index in [1.165, 1.54) is 0 Å². The van der Waals surface area contributed by atoms with Gasteiger partial charge in [0.1, 0.15) is 11.5 Å². The van der Waals surface area contributed by atoms with Crippen LogP contribution in [0.25, 0.3) is 16.2 Å². The van der Waals surface area contributed by atoms with Gasteiger partial charge in [-0.05, 0) is 22.0 Å². The topological polar surface area (TPSA) is 51.5 Å². The molecule has 0 radical (unpaired) electrons. The van der Waals surface area contributed by atoms with E-state index in [-0.39, 0.29) is 0 Å². The Balaban J connectivity index is 2.07. The highest BCUT2D eigenvalue weighted by Gasteiger charge is 2.15. The molecule has 3 heterocycles. The fourth-order valence-electron chi connectivity index (χ4n) is 1.96. The van der Waals surface area contributed by atoms with Gasteiger partial charge in [-0.1, -0.05) is 0 Å². The Hall–Kier alpha value is -1.44. The first kappa shape index (κ1) is 13.5. The maximum Gasteiger partial charge on any atom is 0.157 e. The Bertz CT molecular complexity index is 724. The van der Waals surface area contributed by atoms with Crippen molar-refractivity contribution in [1.82, 2.24) is 14.4 Å². The zero-order valence-electron chi connectivity index (χ0n) is 10.8. The lowest BCUT2D eigenvalue weighted by Crippen LogP contribution is -2.09. The highest BCUT2D eigenvalue weighted by atomic mass is 79.9. The molecule has 3 aromatic heterocycles. The van der Waals surface area contributed by atoms with E-state index < -0.39 is 0 Å². The lowest BCUT2D eigenvalue weighted by Gasteiger charge is -2.07. The number of hydrogen-bond acceptors (Lipinski definition) is 5. The molecule has 0 saturated carbocycles. The van der Waals surface area contributed by atoms with E-state index in [0.29, 0.717) is 6.61 Å². The van der Waals surface area contributed by atoms with E-state index in [9.17, 15) is 0 Å². The number of imidazole rings is 1. The van der Waals surface area contributed by atoms with Crippen LogP contribution in [0.4, 0.5) is 5.82 Å². The summed E-state index contributed by atoms with van der Waals surface area (Å²) in [5.74, 6) is 0.966. The zero-order valence-corrected chi connectivity index (χ0v) is 13.2. The van der Waals surface area contributed by atoms with Gasteiger partial charge in [0.05, 0.1) is 17.7 Å².